The van der Waals surface area contributed by atoms with Crippen molar-refractivity contribution in [2.24, 2.45) is 0 Å². The first-order valence-corrected chi connectivity index (χ1v) is 4.64. The Labute approximate surface area is 77.8 Å². The second-order valence-corrected chi connectivity index (χ2v) is 3.27. The summed E-state index contributed by atoms with van der Waals surface area (Å²) in [5, 5.41) is 0. The summed E-state index contributed by atoms with van der Waals surface area (Å²) in [6.45, 7) is 0. The molecule has 0 bridgehead atoms. The minimum atomic E-state index is -0.103. The normalized spacial score (nSPS) is 14.8. The molecule has 1 aromatic carbocycles. The Bertz CT molecular complexity index is 368. The summed E-state index contributed by atoms with van der Waals surface area (Å²) < 4.78 is 13.3. The van der Waals surface area contributed by atoms with Crippen LogP contribution in [0.2, 0.25) is 0 Å². The van der Waals surface area contributed by atoms with Crippen molar-refractivity contribution in [3.63, 3.8) is 0 Å². The van der Waals surface area contributed by atoms with Crippen molar-refractivity contribution in [1.82, 2.24) is 0 Å². The Morgan fingerprint density at radius 3 is 3.08 bits per heavy atom. The van der Waals surface area contributed by atoms with Crippen LogP contribution in [0.15, 0.2) is 18.2 Å². The summed E-state index contributed by atoms with van der Waals surface area (Å²) in [4.78, 5) is 0. The van der Waals surface area contributed by atoms with E-state index in [0.717, 1.165) is 36.8 Å². The molecule has 0 spiro atoms. The first-order valence-electron chi connectivity index (χ1n) is 4.64. The molecule has 0 N–H and O–H groups in total. The van der Waals surface area contributed by atoms with Gasteiger partial charge in [0, 0.05) is 17.5 Å². The maximum Gasteiger partial charge on any atom is 0.127 e. The fraction of sp³-hybridized carbons (Fsp3) is 0.333. The Morgan fingerprint density at radius 2 is 2.15 bits per heavy atom. The van der Waals surface area contributed by atoms with E-state index < -0.39 is 0 Å². The minimum Gasteiger partial charge on any atom is -0.207 e. The van der Waals surface area contributed by atoms with E-state index in [1.165, 1.54) is 6.07 Å². The molecule has 0 saturated heterocycles. The van der Waals surface area contributed by atoms with E-state index in [1.807, 2.05) is 6.07 Å². The molecule has 0 atom stereocenters. The van der Waals surface area contributed by atoms with Gasteiger partial charge in [0.15, 0.2) is 0 Å². The first kappa shape index (κ1) is 8.31. The van der Waals surface area contributed by atoms with Crippen LogP contribution in [0.25, 0.3) is 0 Å². The Hall–Kier alpha value is -1.29. The smallest absolute Gasteiger partial charge is 0.127 e. The Balaban J connectivity index is 2.50. The number of benzene rings is 1. The van der Waals surface area contributed by atoms with Crippen molar-refractivity contribution in [2.45, 2.75) is 25.7 Å². The minimum absolute atomic E-state index is 0.103. The summed E-state index contributed by atoms with van der Waals surface area (Å²) in [6.07, 6.45) is 3.90. The van der Waals surface area contributed by atoms with Crippen LogP contribution >= 0.6 is 0 Å². The van der Waals surface area contributed by atoms with E-state index >= 15 is 0 Å². The van der Waals surface area contributed by atoms with Gasteiger partial charge in [-0.2, -0.15) is 0 Å². The van der Waals surface area contributed by atoms with Crippen molar-refractivity contribution in [2.75, 3.05) is 0 Å². The van der Waals surface area contributed by atoms with Crippen LogP contribution < -0.4 is 0 Å². The van der Waals surface area contributed by atoms with Crippen LogP contribution in [0.1, 0.15) is 30.4 Å². The molecule has 0 radical (unpaired) electrons. The zero-order valence-electron chi connectivity index (χ0n) is 7.44. The maximum atomic E-state index is 13.3. The van der Waals surface area contributed by atoms with Gasteiger partial charge in [-0.05, 0) is 31.4 Å². The average Bonchev–Trinajstić information content (AvgIpc) is 2.07. The lowest BCUT2D eigenvalue weighted by Gasteiger charge is -2.07. The van der Waals surface area contributed by atoms with Crippen LogP contribution in [0.3, 0.4) is 0 Å². The summed E-state index contributed by atoms with van der Waals surface area (Å²) in [6, 6.07) is 5.14. The van der Waals surface area contributed by atoms with Gasteiger partial charge in [-0.1, -0.05) is 17.9 Å². The molecule has 0 fully saturated rings. The highest BCUT2D eigenvalue weighted by molar-refractivity contribution is 5.42. The number of rotatable bonds is 0. The largest absolute Gasteiger partial charge is 0.207 e. The highest BCUT2D eigenvalue weighted by Crippen LogP contribution is 2.17. The topological polar surface area (TPSA) is 0 Å². The molecule has 0 aromatic heterocycles. The molecule has 0 nitrogen and oxygen atoms in total. The van der Waals surface area contributed by atoms with Gasteiger partial charge in [0.25, 0.3) is 0 Å². The Morgan fingerprint density at radius 1 is 1.23 bits per heavy atom. The standard InChI is InChI=1S/C12H11F/c13-12-9-5-7-10-6-3-1-2-4-8-11(10)12/h5,7,9H,1-2,4,8H2. The van der Waals surface area contributed by atoms with Crippen molar-refractivity contribution in [3.05, 3.63) is 35.1 Å². The molecule has 2 rings (SSSR count). The number of hydrogen-bond acceptors (Lipinski definition) is 0. The van der Waals surface area contributed by atoms with Gasteiger partial charge >= 0.3 is 0 Å². The third-order valence-corrected chi connectivity index (χ3v) is 2.32. The lowest BCUT2D eigenvalue weighted by Crippen LogP contribution is -1.97. The van der Waals surface area contributed by atoms with Gasteiger partial charge in [0.2, 0.25) is 0 Å². The van der Waals surface area contributed by atoms with E-state index in [0.29, 0.717) is 0 Å². The van der Waals surface area contributed by atoms with E-state index in [-0.39, 0.29) is 5.82 Å². The second-order valence-electron chi connectivity index (χ2n) is 3.27. The van der Waals surface area contributed by atoms with Crippen molar-refractivity contribution < 1.29 is 4.39 Å². The maximum absolute atomic E-state index is 13.3. The van der Waals surface area contributed by atoms with Gasteiger partial charge in [-0.15, -0.1) is 0 Å². The van der Waals surface area contributed by atoms with Crippen molar-refractivity contribution in [3.8, 4) is 11.8 Å². The first-order chi connectivity index (χ1) is 6.38. The van der Waals surface area contributed by atoms with Gasteiger partial charge < -0.3 is 0 Å². The van der Waals surface area contributed by atoms with Crippen LogP contribution in [0, 0.1) is 17.7 Å². The van der Waals surface area contributed by atoms with Crippen molar-refractivity contribution in [1.29, 1.82) is 0 Å². The zero-order chi connectivity index (χ0) is 9.10. The zero-order valence-corrected chi connectivity index (χ0v) is 7.44. The number of hydrogen-bond donors (Lipinski definition) is 0. The fourth-order valence-electron chi connectivity index (χ4n) is 1.60. The third kappa shape index (κ3) is 1.72. The summed E-state index contributed by atoms with van der Waals surface area (Å²) >= 11 is 0. The molecular formula is C12H11F. The molecule has 0 unspecified atom stereocenters. The highest BCUT2D eigenvalue weighted by atomic mass is 19.1. The van der Waals surface area contributed by atoms with Gasteiger partial charge in [-0.25, -0.2) is 4.39 Å². The number of halogens is 1. The van der Waals surface area contributed by atoms with E-state index in [4.69, 9.17) is 0 Å². The van der Waals surface area contributed by atoms with E-state index in [1.54, 1.807) is 6.07 Å². The predicted molar refractivity (Wildman–Crippen MR) is 50.8 cm³/mol. The molecule has 0 aliphatic heterocycles. The average molecular weight is 174 g/mol. The summed E-state index contributed by atoms with van der Waals surface area (Å²) in [5.41, 5.74) is 1.68. The predicted octanol–water partition coefficient (Wildman–Crippen LogP) is 2.90. The van der Waals surface area contributed by atoms with Crippen LogP contribution in [0.4, 0.5) is 4.39 Å². The molecular weight excluding hydrogens is 163 g/mol. The van der Waals surface area contributed by atoms with Gasteiger partial charge in [0.1, 0.15) is 5.82 Å². The quantitative estimate of drug-likeness (QED) is 0.530. The van der Waals surface area contributed by atoms with E-state index in [2.05, 4.69) is 11.8 Å². The van der Waals surface area contributed by atoms with Crippen LogP contribution in [-0.4, -0.2) is 0 Å². The van der Waals surface area contributed by atoms with E-state index in [9.17, 15) is 4.39 Å². The summed E-state index contributed by atoms with van der Waals surface area (Å²) in [5.74, 6) is 5.97. The molecule has 1 heteroatoms. The third-order valence-electron chi connectivity index (χ3n) is 2.32. The second kappa shape index (κ2) is 3.62. The molecule has 66 valence electrons. The molecule has 1 aromatic rings. The lowest BCUT2D eigenvalue weighted by molar-refractivity contribution is 0.599. The Kier molecular flexibility index (Phi) is 2.31. The lowest BCUT2D eigenvalue weighted by atomic mass is 9.99. The molecule has 13 heavy (non-hydrogen) atoms. The van der Waals surface area contributed by atoms with Crippen LogP contribution in [0.5, 0.6) is 0 Å². The van der Waals surface area contributed by atoms with Crippen LogP contribution in [-0.2, 0) is 6.42 Å². The molecule has 0 heterocycles. The van der Waals surface area contributed by atoms with Crippen molar-refractivity contribution >= 4 is 0 Å². The SMILES string of the molecule is Fc1cccc2c1CCCCC#C2. The van der Waals surface area contributed by atoms with Gasteiger partial charge in [0.05, 0.1) is 0 Å². The van der Waals surface area contributed by atoms with Gasteiger partial charge in [-0.3, -0.25) is 0 Å². The molecule has 1 aliphatic carbocycles. The number of fused-ring (bicyclic) bond motifs is 1. The monoisotopic (exact) mass is 174 g/mol. The fourth-order valence-corrected chi connectivity index (χ4v) is 1.60. The molecule has 0 amide bonds. The molecule has 1 aliphatic rings. The summed E-state index contributed by atoms with van der Waals surface area (Å²) in [7, 11) is 0. The highest BCUT2D eigenvalue weighted by Gasteiger charge is 2.07. The molecule has 0 saturated carbocycles.